The fraction of sp³-hybridized carbons (Fsp3) is 1.00. The summed E-state index contributed by atoms with van der Waals surface area (Å²) in [4.78, 5) is 0. The number of hydrogen-bond acceptors (Lipinski definition) is 2. The minimum absolute atomic E-state index is 0.796. The van der Waals surface area contributed by atoms with Crippen LogP contribution in [0.4, 0.5) is 0 Å². The minimum atomic E-state index is 0.796. The van der Waals surface area contributed by atoms with E-state index in [2.05, 4.69) is 12.2 Å². The first-order valence-electron chi connectivity index (χ1n) is 3.08. The van der Waals surface area contributed by atoms with Gasteiger partial charge in [-0.2, -0.15) is 0 Å². The monoisotopic (exact) mass is 117 g/mol. The van der Waals surface area contributed by atoms with Crippen molar-refractivity contribution in [2.24, 2.45) is 0 Å². The van der Waals surface area contributed by atoms with Crippen LogP contribution < -0.4 is 5.32 Å². The fourth-order valence-corrected chi connectivity index (χ4v) is 0.859. The lowest BCUT2D eigenvalue weighted by atomic mass is 10.3. The molecule has 0 aromatic rings. The second kappa shape index (κ2) is 5.06. The van der Waals surface area contributed by atoms with Gasteiger partial charge in [0.2, 0.25) is 0 Å². The van der Waals surface area contributed by atoms with Crippen molar-refractivity contribution in [3.05, 3.63) is 0 Å². The van der Waals surface area contributed by atoms with Gasteiger partial charge in [0.25, 0.3) is 0 Å². The summed E-state index contributed by atoms with van der Waals surface area (Å²) >= 11 is 0. The highest BCUT2D eigenvalue weighted by Gasteiger charge is 2.05. The average molecular weight is 117 g/mol. The van der Waals surface area contributed by atoms with E-state index in [1.165, 1.54) is 19.4 Å². The van der Waals surface area contributed by atoms with Crippen molar-refractivity contribution in [2.45, 2.75) is 25.8 Å². The molecule has 0 aliphatic carbocycles. The van der Waals surface area contributed by atoms with Crippen molar-refractivity contribution in [1.29, 1.82) is 0 Å². The smallest absolute Gasteiger partial charge is 0.0319 e. The predicted molar refractivity (Wildman–Crippen MR) is 34.8 cm³/mol. The first kappa shape index (κ1) is 7.92. The molecule has 8 heavy (non-hydrogen) atoms. The second-order valence-corrected chi connectivity index (χ2v) is 2.00. The fourth-order valence-electron chi connectivity index (χ4n) is 0.859. The molecule has 1 aliphatic rings. The molecule has 2 nitrogen and oxygen atoms in total. The summed E-state index contributed by atoms with van der Waals surface area (Å²) in [6.45, 7) is 3.47. The highest BCUT2D eigenvalue weighted by molar-refractivity contribution is 4.67. The summed E-state index contributed by atoms with van der Waals surface area (Å²) in [5, 5.41) is 10.3. The van der Waals surface area contributed by atoms with Crippen LogP contribution in [-0.4, -0.2) is 24.8 Å². The van der Waals surface area contributed by atoms with Crippen molar-refractivity contribution in [2.75, 3.05) is 13.7 Å². The largest absolute Gasteiger partial charge is 0.400 e. The maximum absolute atomic E-state index is 7.00. The Hall–Kier alpha value is -0.0800. The van der Waals surface area contributed by atoms with Gasteiger partial charge in [0.1, 0.15) is 0 Å². The van der Waals surface area contributed by atoms with E-state index in [0.29, 0.717) is 0 Å². The first-order valence-corrected chi connectivity index (χ1v) is 3.08. The van der Waals surface area contributed by atoms with Crippen LogP contribution in [0.15, 0.2) is 0 Å². The van der Waals surface area contributed by atoms with Crippen LogP contribution in [0.3, 0.4) is 0 Å². The van der Waals surface area contributed by atoms with Crippen molar-refractivity contribution in [1.82, 2.24) is 5.32 Å². The Morgan fingerprint density at radius 3 is 2.25 bits per heavy atom. The summed E-state index contributed by atoms with van der Waals surface area (Å²) in [7, 11) is 1.00. The van der Waals surface area contributed by atoms with E-state index in [0.717, 1.165) is 13.2 Å². The SMILES string of the molecule is CC1CCCN1.CO. The van der Waals surface area contributed by atoms with Gasteiger partial charge in [-0.25, -0.2) is 0 Å². The maximum Gasteiger partial charge on any atom is 0.0319 e. The summed E-state index contributed by atoms with van der Waals surface area (Å²) < 4.78 is 0. The number of aliphatic hydroxyl groups is 1. The lowest BCUT2D eigenvalue weighted by molar-refractivity contribution is 0.399. The molecule has 2 heteroatoms. The lowest BCUT2D eigenvalue weighted by Crippen LogP contribution is -2.16. The first-order chi connectivity index (χ1) is 3.89. The number of nitrogens with one attached hydrogen (secondary N) is 1. The molecule has 0 aromatic carbocycles. The molecular formula is C6H15NO. The topological polar surface area (TPSA) is 32.3 Å². The standard InChI is InChI=1S/C5H11N.CH4O/c1-5-3-2-4-6-5;1-2/h5-6H,2-4H2,1H3;2H,1H3. The number of hydrogen-bond donors (Lipinski definition) is 2. The average Bonchev–Trinajstić information content (AvgIpc) is 2.24. The molecule has 0 radical (unpaired) electrons. The highest BCUT2D eigenvalue weighted by atomic mass is 16.2. The van der Waals surface area contributed by atoms with Crippen molar-refractivity contribution in [3.8, 4) is 0 Å². The van der Waals surface area contributed by atoms with Crippen LogP contribution in [0.1, 0.15) is 19.8 Å². The van der Waals surface area contributed by atoms with Crippen LogP contribution >= 0.6 is 0 Å². The molecule has 0 saturated carbocycles. The van der Waals surface area contributed by atoms with Gasteiger partial charge in [0, 0.05) is 13.2 Å². The van der Waals surface area contributed by atoms with E-state index in [1.54, 1.807) is 0 Å². The van der Waals surface area contributed by atoms with Gasteiger partial charge < -0.3 is 10.4 Å². The Balaban J connectivity index is 0.000000222. The maximum atomic E-state index is 7.00. The third-order valence-electron chi connectivity index (χ3n) is 1.31. The summed E-state index contributed by atoms with van der Waals surface area (Å²) in [6.07, 6.45) is 2.75. The molecule has 1 heterocycles. The Labute approximate surface area is 50.9 Å². The summed E-state index contributed by atoms with van der Waals surface area (Å²) in [6, 6.07) is 0.796. The van der Waals surface area contributed by atoms with Gasteiger partial charge in [-0.15, -0.1) is 0 Å². The van der Waals surface area contributed by atoms with Crippen LogP contribution in [-0.2, 0) is 0 Å². The third kappa shape index (κ3) is 2.99. The molecule has 1 unspecified atom stereocenters. The van der Waals surface area contributed by atoms with Gasteiger partial charge >= 0.3 is 0 Å². The van der Waals surface area contributed by atoms with Crippen LogP contribution in [0.2, 0.25) is 0 Å². The summed E-state index contributed by atoms with van der Waals surface area (Å²) in [5.74, 6) is 0. The quantitative estimate of drug-likeness (QED) is 0.480. The molecule has 0 spiro atoms. The van der Waals surface area contributed by atoms with E-state index >= 15 is 0 Å². The zero-order chi connectivity index (χ0) is 6.41. The molecule has 0 aromatic heterocycles. The van der Waals surface area contributed by atoms with Gasteiger partial charge in [0.15, 0.2) is 0 Å². The molecule has 50 valence electrons. The van der Waals surface area contributed by atoms with Crippen LogP contribution in [0.5, 0.6) is 0 Å². The second-order valence-electron chi connectivity index (χ2n) is 2.00. The zero-order valence-electron chi connectivity index (χ0n) is 5.65. The molecule has 0 amide bonds. The molecular weight excluding hydrogens is 102 g/mol. The molecule has 0 bridgehead atoms. The van der Waals surface area contributed by atoms with Crippen molar-refractivity contribution >= 4 is 0 Å². The van der Waals surface area contributed by atoms with Gasteiger partial charge in [0.05, 0.1) is 0 Å². The molecule has 1 rings (SSSR count). The van der Waals surface area contributed by atoms with Gasteiger partial charge in [-0.3, -0.25) is 0 Å². The normalized spacial score (nSPS) is 26.6. The van der Waals surface area contributed by atoms with Crippen LogP contribution in [0, 0.1) is 0 Å². The number of rotatable bonds is 0. The zero-order valence-corrected chi connectivity index (χ0v) is 5.65. The predicted octanol–water partition coefficient (Wildman–Crippen LogP) is 0.367. The van der Waals surface area contributed by atoms with Crippen LogP contribution in [0.25, 0.3) is 0 Å². The Bertz CT molecular complexity index is 41.8. The number of aliphatic hydroxyl groups excluding tert-OH is 1. The molecule has 2 N–H and O–H groups in total. The van der Waals surface area contributed by atoms with E-state index in [9.17, 15) is 0 Å². The molecule has 1 fully saturated rings. The van der Waals surface area contributed by atoms with Crippen molar-refractivity contribution < 1.29 is 5.11 Å². The Morgan fingerprint density at radius 1 is 1.50 bits per heavy atom. The van der Waals surface area contributed by atoms with E-state index < -0.39 is 0 Å². The molecule has 1 aliphatic heterocycles. The molecule has 1 atom stereocenters. The van der Waals surface area contributed by atoms with E-state index in [-0.39, 0.29) is 0 Å². The lowest BCUT2D eigenvalue weighted by Gasteiger charge is -1.95. The van der Waals surface area contributed by atoms with Gasteiger partial charge in [-0.1, -0.05) is 0 Å². The van der Waals surface area contributed by atoms with Gasteiger partial charge in [-0.05, 0) is 26.3 Å². The highest BCUT2D eigenvalue weighted by Crippen LogP contribution is 2.01. The van der Waals surface area contributed by atoms with E-state index in [1.807, 2.05) is 0 Å². The van der Waals surface area contributed by atoms with E-state index in [4.69, 9.17) is 5.11 Å². The minimum Gasteiger partial charge on any atom is -0.400 e. The van der Waals surface area contributed by atoms with Crippen molar-refractivity contribution in [3.63, 3.8) is 0 Å². The Kier molecular flexibility index (Phi) is 5.01. The summed E-state index contributed by atoms with van der Waals surface area (Å²) in [5.41, 5.74) is 0. The third-order valence-corrected chi connectivity index (χ3v) is 1.31. The molecule has 1 saturated heterocycles. The Morgan fingerprint density at radius 2 is 2.12 bits per heavy atom.